The fourth-order valence-corrected chi connectivity index (χ4v) is 2.31. The molecule has 0 aromatic heterocycles. The van der Waals surface area contributed by atoms with Crippen LogP contribution in [-0.2, 0) is 0 Å². The van der Waals surface area contributed by atoms with Gasteiger partial charge in [-0.25, -0.2) is 0 Å². The molecule has 0 nitrogen and oxygen atoms in total. The Kier molecular flexibility index (Phi) is 4.35. The van der Waals surface area contributed by atoms with Gasteiger partial charge in [-0.3, -0.25) is 0 Å². The van der Waals surface area contributed by atoms with E-state index in [9.17, 15) is 0 Å². The number of hydrogen-bond donors (Lipinski definition) is 0. The summed E-state index contributed by atoms with van der Waals surface area (Å²) in [6.45, 7) is 8.02. The highest BCUT2D eigenvalue weighted by atomic mass is 14.1. The van der Waals surface area contributed by atoms with E-state index in [4.69, 9.17) is 0 Å². The van der Waals surface area contributed by atoms with Crippen molar-refractivity contribution >= 4 is 17.2 Å². The van der Waals surface area contributed by atoms with Crippen molar-refractivity contribution in [2.75, 3.05) is 0 Å². The van der Waals surface area contributed by atoms with Crippen LogP contribution in [0.2, 0.25) is 0 Å². The lowest BCUT2D eigenvalue weighted by Gasteiger charge is -2.09. The second-order valence-electron chi connectivity index (χ2n) is 4.59. The molecule has 0 unspecified atom stereocenters. The van der Waals surface area contributed by atoms with Crippen LogP contribution in [0.5, 0.6) is 0 Å². The number of rotatable bonds is 4. The minimum atomic E-state index is 1.04. The van der Waals surface area contributed by atoms with Gasteiger partial charge < -0.3 is 0 Å². The molecular formula is C19H20. The zero-order valence-electron chi connectivity index (χ0n) is 11.7. The van der Waals surface area contributed by atoms with E-state index < -0.39 is 0 Å². The fraction of sp³-hybridized carbons (Fsp3) is 0.158. The lowest BCUT2D eigenvalue weighted by Crippen LogP contribution is -1.88. The molecule has 2 rings (SSSR count). The predicted molar refractivity (Wildman–Crippen MR) is 86.7 cm³/mol. The first-order valence-corrected chi connectivity index (χ1v) is 6.72. The van der Waals surface area contributed by atoms with Crippen LogP contribution >= 0.6 is 0 Å². The van der Waals surface area contributed by atoms with E-state index in [1.54, 1.807) is 0 Å². The second kappa shape index (κ2) is 6.19. The van der Waals surface area contributed by atoms with E-state index in [0.717, 1.165) is 12.0 Å². The zero-order chi connectivity index (χ0) is 13.7. The number of allylic oxidation sites excluding steroid dienone is 8. The SMILES string of the molecule is C=Cc1cc(C2=CCC=C2)cc(C(/C=C\C)=C/C)c1. The molecule has 0 aliphatic heterocycles. The first kappa shape index (κ1) is 13.4. The molecule has 0 heterocycles. The molecule has 0 saturated carbocycles. The van der Waals surface area contributed by atoms with Crippen molar-refractivity contribution in [1.29, 1.82) is 0 Å². The van der Waals surface area contributed by atoms with E-state index in [-0.39, 0.29) is 0 Å². The maximum atomic E-state index is 3.90. The molecule has 0 fully saturated rings. The molecule has 0 spiro atoms. The summed E-state index contributed by atoms with van der Waals surface area (Å²) in [5, 5.41) is 0. The molecule has 1 aliphatic rings. The van der Waals surface area contributed by atoms with Crippen LogP contribution in [0.4, 0.5) is 0 Å². The first-order chi connectivity index (χ1) is 9.28. The molecule has 96 valence electrons. The normalized spacial score (nSPS) is 15.1. The molecule has 0 saturated heterocycles. The van der Waals surface area contributed by atoms with Crippen molar-refractivity contribution in [3.63, 3.8) is 0 Å². The maximum absolute atomic E-state index is 3.90. The smallest absolute Gasteiger partial charge is 0.0157 e. The van der Waals surface area contributed by atoms with Gasteiger partial charge in [0, 0.05) is 0 Å². The van der Waals surface area contributed by atoms with Crippen LogP contribution in [0, 0.1) is 0 Å². The van der Waals surface area contributed by atoms with Gasteiger partial charge >= 0.3 is 0 Å². The molecule has 0 N–H and O–H groups in total. The number of hydrogen-bond acceptors (Lipinski definition) is 0. The third-order valence-corrected chi connectivity index (χ3v) is 3.29. The average molecular weight is 248 g/mol. The first-order valence-electron chi connectivity index (χ1n) is 6.72. The Bertz CT molecular complexity index is 592. The third kappa shape index (κ3) is 3.03. The highest BCUT2D eigenvalue weighted by molar-refractivity contribution is 5.82. The Labute approximate surface area is 116 Å². The summed E-state index contributed by atoms with van der Waals surface area (Å²) in [7, 11) is 0. The summed E-state index contributed by atoms with van der Waals surface area (Å²) in [6, 6.07) is 6.63. The quantitative estimate of drug-likeness (QED) is 0.604. The van der Waals surface area contributed by atoms with Gasteiger partial charge in [0.2, 0.25) is 0 Å². The van der Waals surface area contributed by atoms with Gasteiger partial charge in [0.15, 0.2) is 0 Å². The molecule has 19 heavy (non-hydrogen) atoms. The van der Waals surface area contributed by atoms with Crippen molar-refractivity contribution in [3.05, 3.63) is 77.9 Å². The summed E-state index contributed by atoms with van der Waals surface area (Å²) in [6.07, 6.45) is 16.0. The monoisotopic (exact) mass is 248 g/mol. The van der Waals surface area contributed by atoms with Crippen LogP contribution in [-0.4, -0.2) is 0 Å². The van der Waals surface area contributed by atoms with E-state index >= 15 is 0 Å². The van der Waals surface area contributed by atoms with Gasteiger partial charge in [-0.1, -0.05) is 49.1 Å². The molecule has 1 aliphatic carbocycles. The Morgan fingerprint density at radius 1 is 1.21 bits per heavy atom. The summed E-state index contributed by atoms with van der Waals surface area (Å²) in [4.78, 5) is 0. The van der Waals surface area contributed by atoms with E-state index in [0.29, 0.717) is 0 Å². The molecular weight excluding hydrogens is 228 g/mol. The van der Waals surface area contributed by atoms with Crippen molar-refractivity contribution in [2.24, 2.45) is 0 Å². The minimum absolute atomic E-state index is 1.04. The van der Waals surface area contributed by atoms with Crippen LogP contribution < -0.4 is 0 Å². The Morgan fingerprint density at radius 2 is 2.05 bits per heavy atom. The maximum Gasteiger partial charge on any atom is -0.0157 e. The average Bonchev–Trinajstić information content (AvgIpc) is 2.98. The summed E-state index contributed by atoms with van der Waals surface area (Å²) < 4.78 is 0. The van der Waals surface area contributed by atoms with Gasteiger partial charge in [0.05, 0.1) is 0 Å². The Morgan fingerprint density at radius 3 is 2.63 bits per heavy atom. The third-order valence-electron chi connectivity index (χ3n) is 3.29. The Balaban J connectivity index is 2.53. The molecule has 0 amide bonds. The van der Waals surface area contributed by atoms with Crippen LogP contribution in [0.3, 0.4) is 0 Å². The van der Waals surface area contributed by atoms with Gasteiger partial charge in [-0.15, -0.1) is 0 Å². The van der Waals surface area contributed by atoms with Gasteiger partial charge in [0.25, 0.3) is 0 Å². The highest BCUT2D eigenvalue weighted by Gasteiger charge is 2.06. The lowest BCUT2D eigenvalue weighted by atomic mass is 9.96. The Hall–Kier alpha value is -2.08. The van der Waals surface area contributed by atoms with Crippen LogP contribution in [0.15, 0.2) is 61.2 Å². The summed E-state index contributed by atoms with van der Waals surface area (Å²) >= 11 is 0. The second-order valence-corrected chi connectivity index (χ2v) is 4.59. The standard InChI is InChI=1S/C19H20/c1-4-9-16(6-3)18-12-15(5-2)13-19(14-18)17-10-7-8-11-17/h4-7,9-14H,2,8H2,1,3H3/b9-4-,16-6+. The largest absolute Gasteiger partial charge is 0.0985 e. The molecule has 1 aromatic carbocycles. The van der Waals surface area contributed by atoms with Gasteiger partial charge in [-0.2, -0.15) is 0 Å². The van der Waals surface area contributed by atoms with Crippen LogP contribution in [0.25, 0.3) is 17.2 Å². The molecule has 1 aromatic rings. The van der Waals surface area contributed by atoms with Gasteiger partial charge in [0.1, 0.15) is 0 Å². The van der Waals surface area contributed by atoms with Crippen molar-refractivity contribution < 1.29 is 0 Å². The zero-order valence-corrected chi connectivity index (χ0v) is 11.7. The lowest BCUT2D eigenvalue weighted by molar-refractivity contribution is 1.45. The van der Waals surface area contributed by atoms with E-state index in [1.165, 1.54) is 22.3 Å². The van der Waals surface area contributed by atoms with E-state index in [1.807, 2.05) is 13.0 Å². The van der Waals surface area contributed by atoms with Crippen molar-refractivity contribution in [1.82, 2.24) is 0 Å². The topological polar surface area (TPSA) is 0 Å². The molecule has 0 bridgehead atoms. The van der Waals surface area contributed by atoms with Gasteiger partial charge in [-0.05, 0) is 66.3 Å². The summed E-state index contributed by atoms with van der Waals surface area (Å²) in [5.41, 5.74) is 6.23. The highest BCUT2D eigenvalue weighted by Crippen LogP contribution is 2.27. The van der Waals surface area contributed by atoms with E-state index in [2.05, 4.69) is 68.2 Å². The van der Waals surface area contributed by atoms with Crippen molar-refractivity contribution in [3.8, 4) is 0 Å². The molecule has 0 radical (unpaired) electrons. The molecule has 0 atom stereocenters. The summed E-state index contributed by atoms with van der Waals surface area (Å²) in [5.74, 6) is 0. The fourth-order valence-electron chi connectivity index (χ4n) is 2.31. The van der Waals surface area contributed by atoms with Crippen molar-refractivity contribution in [2.45, 2.75) is 20.3 Å². The van der Waals surface area contributed by atoms with Crippen LogP contribution in [0.1, 0.15) is 37.0 Å². The minimum Gasteiger partial charge on any atom is -0.0985 e. The predicted octanol–water partition coefficient (Wildman–Crippen LogP) is 5.65. The number of benzene rings is 1. The molecule has 0 heteroatoms.